The lowest BCUT2D eigenvalue weighted by Gasteiger charge is -2.05. The highest BCUT2D eigenvalue weighted by Gasteiger charge is 2.35. The average molecular weight is 265 g/mol. The van der Waals surface area contributed by atoms with E-state index in [1.807, 2.05) is 0 Å². The number of aromatic nitrogens is 2. The van der Waals surface area contributed by atoms with Gasteiger partial charge in [0.25, 0.3) is 0 Å². The summed E-state index contributed by atoms with van der Waals surface area (Å²) in [7, 11) is 0. The molecule has 0 aromatic carbocycles. The van der Waals surface area contributed by atoms with Crippen molar-refractivity contribution in [3.63, 3.8) is 0 Å². The maximum Gasteiger partial charge on any atom is 0.445 e. The minimum Gasteiger partial charge on any atom is -0.360 e. The van der Waals surface area contributed by atoms with Gasteiger partial charge in [-0.2, -0.15) is 26.3 Å². The third-order valence-electron chi connectivity index (χ3n) is 1.35. The SMILES string of the molecule is FC(F)(F)CCNc1nnc(C(F)(F)F)s1. The third-order valence-corrected chi connectivity index (χ3v) is 2.28. The number of anilines is 1. The summed E-state index contributed by atoms with van der Waals surface area (Å²) in [5.74, 6) is 0. The van der Waals surface area contributed by atoms with Gasteiger partial charge >= 0.3 is 12.4 Å². The van der Waals surface area contributed by atoms with Crippen molar-refractivity contribution >= 4 is 16.5 Å². The van der Waals surface area contributed by atoms with E-state index in [0.717, 1.165) is 0 Å². The topological polar surface area (TPSA) is 37.8 Å². The van der Waals surface area contributed by atoms with Crippen LogP contribution in [0.4, 0.5) is 31.5 Å². The van der Waals surface area contributed by atoms with Crippen molar-refractivity contribution in [2.24, 2.45) is 0 Å². The zero-order valence-corrected chi connectivity index (χ0v) is 8.30. The summed E-state index contributed by atoms with van der Waals surface area (Å²) >= 11 is 0.165. The number of alkyl halides is 6. The number of nitrogens with one attached hydrogen (secondary N) is 1. The molecule has 0 amide bonds. The van der Waals surface area contributed by atoms with Crippen molar-refractivity contribution in [2.75, 3.05) is 11.9 Å². The van der Waals surface area contributed by atoms with Gasteiger partial charge in [0.15, 0.2) is 0 Å². The minimum absolute atomic E-state index is 0.165. The van der Waals surface area contributed by atoms with Crippen LogP contribution in [-0.4, -0.2) is 22.9 Å². The van der Waals surface area contributed by atoms with Crippen LogP contribution in [-0.2, 0) is 6.18 Å². The molecule has 0 spiro atoms. The Bertz CT molecular complexity index is 343. The molecule has 3 nitrogen and oxygen atoms in total. The van der Waals surface area contributed by atoms with Gasteiger partial charge in [-0.15, -0.1) is 10.2 Å². The van der Waals surface area contributed by atoms with Crippen molar-refractivity contribution in [1.82, 2.24) is 10.2 Å². The molecule has 0 fully saturated rings. The van der Waals surface area contributed by atoms with Crippen LogP contribution in [0.3, 0.4) is 0 Å². The summed E-state index contributed by atoms with van der Waals surface area (Å²) in [5.41, 5.74) is 0. The molecule has 0 saturated heterocycles. The van der Waals surface area contributed by atoms with Crippen LogP contribution in [0.5, 0.6) is 0 Å². The Kier molecular flexibility index (Phi) is 3.61. The molecule has 0 radical (unpaired) electrons. The lowest BCUT2D eigenvalue weighted by atomic mass is 10.4. The summed E-state index contributed by atoms with van der Waals surface area (Å²) in [6.45, 7) is -0.532. The molecule has 92 valence electrons. The summed E-state index contributed by atoms with van der Waals surface area (Å²) in [6, 6.07) is 0. The Morgan fingerprint density at radius 1 is 1.06 bits per heavy atom. The molecule has 16 heavy (non-hydrogen) atoms. The molecule has 1 aromatic rings. The number of halogens is 6. The first-order chi connectivity index (χ1) is 7.18. The molecule has 10 heteroatoms. The van der Waals surface area contributed by atoms with Crippen molar-refractivity contribution < 1.29 is 26.3 Å². The second kappa shape index (κ2) is 4.44. The smallest absolute Gasteiger partial charge is 0.360 e. The Morgan fingerprint density at radius 3 is 2.12 bits per heavy atom. The largest absolute Gasteiger partial charge is 0.445 e. The number of nitrogens with zero attached hydrogens (tertiary/aromatic N) is 2. The average Bonchev–Trinajstić information content (AvgIpc) is 2.49. The van der Waals surface area contributed by atoms with Crippen LogP contribution < -0.4 is 5.32 Å². The van der Waals surface area contributed by atoms with Crippen LogP contribution in [0.1, 0.15) is 11.4 Å². The van der Waals surface area contributed by atoms with Crippen molar-refractivity contribution in [1.29, 1.82) is 0 Å². The van der Waals surface area contributed by atoms with Crippen molar-refractivity contribution in [3.05, 3.63) is 5.01 Å². The van der Waals surface area contributed by atoms with E-state index in [1.54, 1.807) is 0 Å². The molecule has 0 aliphatic rings. The molecule has 0 bridgehead atoms. The van der Waals surface area contributed by atoms with Crippen LogP contribution in [0.2, 0.25) is 0 Å². The van der Waals surface area contributed by atoms with Crippen LogP contribution in [0.25, 0.3) is 0 Å². The Labute approximate surface area is 89.5 Å². The lowest BCUT2D eigenvalue weighted by molar-refractivity contribution is -0.138. The zero-order valence-electron chi connectivity index (χ0n) is 7.48. The van der Waals surface area contributed by atoms with E-state index in [4.69, 9.17) is 0 Å². The maximum absolute atomic E-state index is 12.0. The monoisotopic (exact) mass is 265 g/mol. The molecule has 0 unspecified atom stereocenters. The molecular weight excluding hydrogens is 260 g/mol. The molecule has 1 rings (SSSR count). The van der Waals surface area contributed by atoms with Gasteiger partial charge < -0.3 is 5.32 Å². The summed E-state index contributed by atoms with van der Waals surface area (Å²) < 4.78 is 71.1. The van der Waals surface area contributed by atoms with Gasteiger partial charge in [0.2, 0.25) is 10.1 Å². The third kappa shape index (κ3) is 4.21. The predicted molar refractivity (Wildman–Crippen MR) is 44.1 cm³/mol. The first kappa shape index (κ1) is 13.0. The number of hydrogen-bond acceptors (Lipinski definition) is 4. The van der Waals surface area contributed by atoms with Gasteiger partial charge in [-0.05, 0) is 0 Å². The number of rotatable bonds is 3. The second-order valence-electron chi connectivity index (χ2n) is 2.70. The van der Waals surface area contributed by atoms with E-state index in [-0.39, 0.29) is 16.5 Å². The maximum atomic E-state index is 12.0. The fourth-order valence-electron chi connectivity index (χ4n) is 0.720. The van der Waals surface area contributed by atoms with Gasteiger partial charge in [0.1, 0.15) is 0 Å². The van der Waals surface area contributed by atoms with Crippen LogP contribution in [0.15, 0.2) is 0 Å². The van der Waals surface area contributed by atoms with Gasteiger partial charge in [-0.25, -0.2) is 0 Å². The molecular formula is C6H5F6N3S. The Hall–Kier alpha value is -1.06. The van der Waals surface area contributed by atoms with Gasteiger partial charge in [0.05, 0.1) is 6.42 Å². The Balaban J connectivity index is 2.48. The van der Waals surface area contributed by atoms with Gasteiger partial charge in [-0.1, -0.05) is 11.3 Å². The van der Waals surface area contributed by atoms with E-state index in [0.29, 0.717) is 0 Å². The molecule has 1 N–H and O–H groups in total. The quantitative estimate of drug-likeness (QED) is 0.854. The van der Waals surface area contributed by atoms with Gasteiger partial charge in [0, 0.05) is 6.54 Å². The fraction of sp³-hybridized carbons (Fsp3) is 0.667. The Morgan fingerprint density at radius 2 is 1.69 bits per heavy atom. The first-order valence-corrected chi connectivity index (χ1v) is 4.71. The molecule has 0 aliphatic heterocycles. The second-order valence-corrected chi connectivity index (χ2v) is 3.68. The van der Waals surface area contributed by atoms with Crippen LogP contribution >= 0.6 is 11.3 Å². The highest BCUT2D eigenvalue weighted by atomic mass is 32.1. The predicted octanol–water partition coefficient (Wildman–Crippen LogP) is 2.92. The van der Waals surface area contributed by atoms with E-state index < -0.39 is 30.3 Å². The molecule has 1 heterocycles. The molecule has 0 aliphatic carbocycles. The fourth-order valence-corrected chi connectivity index (χ4v) is 1.36. The van der Waals surface area contributed by atoms with E-state index in [2.05, 4.69) is 15.5 Å². The summed E-state index contributed by atoms with van der Waals surface area (Å²) in [5, 5.41) is 6.52. The summed E-state index contributed by atoms with van der Waals surface area (Å²) in [6.07, 6.45) is -10.1. The summed E-state index contributed by atoms with van der Waals surface area (Å²) in [4.78, 5) is 0. The van der Waals surface area contributed by atoms with E-state index in [1.165, 1.54) is 0 Å². The zero-order chi connectivity index (χ0) is 12.4. The minimum atomic E-state index is -4.62. The number of hydrogen-bond donors (Lipinski definition) is 1. The van der Waals surface area contributed by atoms with E-state index in [9.17, 15) is 26.3 Å². The molecule has 1 aromatic heterocycles. The van der Waals surface area contributed by atoms with Gasteiger partial charge in [-0.3, -0.25) is 0 Å². The highest BCUT2D eigenvalue weighted by Crippen LogP contribution is 2.33. The van der Waals surface area contributed by atoms with Crippen molar-refractivity contribution in [2.45, 2.75) is 18.8 Å². The molecule has 0 atom stereocenters. The molecule has 0 saturated carbocycles. The van der Waals surface area contributed by atoms with E-state index >= 15 is 0 Å². The lowest BCUT2D eigenvalue weighted by Crippen LogP contribution is -2.14. The standard InChI is InChI=1S/C6H5F6N3S/c7-5(8,9)1-2-13-4-15-14-3(16-4)6(10,11)12/h1-2H2,(H,13,15). The van der Waals surface area contributed by atoms with Crippen molar-refractivity contribution in [3.8, 4) is 0 Å². The highest BCUT2D eigenvalue weighted by molar-refractivity contribution is 7.15. The van der Waals surface area contributed by atoms with Crippen LogP contribution in [0, 0.1) is 0 Å². The normalized spacial score (nSPS) is 12.9. The first-order valence-electron chi connectivity index (χ1n) is 3.90.